The zero-order valence-corrected chi connectivity index (χ0v) is 16.5. The highest BCUT2D eigenvalue weighted by atomic mass is 16.5. The highest BCUT2D eigenvalue weighted by Crippen LogP contribution is 2.86. The molecular weight excluding hydrogens is 320 g/mol. The van der Waals surface area contributed by atoms with E-state index in [0.717, 1.165) is 42.8 Å². The third-order valence-electron chi connectivity index (χ3n) is 8.59. The Hall–Kier alpha value is -1.31. The first-order valence-electron chi connectivity index (χ1n) is 10.8. The van der Waals surface area contributed by atoms with E-state index in [0.29, 0.717) is 17.3 Å². The minimum Gasteiger partial charge on any atom is -0.426 e. The van der Waals surface area contributed by atoms with E-state index in [-0.39, 0.29) is 11.4 Å². The monoisotopic (exact) mass is 352 g/mol. The highest BCUT2D eigenvalue weighted by molar-refractivity contribution is 5.83. The molecule has 0 amide bonds. The molecule has 1 aromatic rings. The number of rotatable bonds is 6. The van der Waals surface area contributed by atoms with E-state index in [2.05, 4.69) is 32.9 Å². The van der Waals surface area contributed by atoms with Crippen molar-refractivity contribution in [1.29, 1.82) is 0 Å². The van der Waals surface area contributed by atoms with Gasteiger partial charge in [-0.2, -0.15) is 0 Å². The van der Waals surface area contributed by atoms with Crippen LogP contribution in [0.15, 0.2) is 24.3 Å². The predicted molar refractivity (Wildman–Crippen MR) is 103 cm³/mol. The quantitative estimate of drug-likeness (QED) is 0.466. The summed E-state index contributed by atoms with van der Waals surface area (Å²) in [6.45, 7) is 6.83. The molecule has 1 spiro atoms. The molecule has 6 unspecified atom stereocenters. The van der Waals surface area contributed by atoms with Crippen LogP contribution < -0.4 is 4.74 Å². The summed E-state index contributed by atoms with van der Waals surface area (Å²) in [5.74, 6) is 4.59. The van der Waals surface area contributed by atoms with Gasteiger partial charge in [0.15, 0.2) is 0 Å². The van der Waals surface area contributed by atoms with E-state index in [9.17, 15) is 4.79 Å². The Morgan fingerprint density at radius 1 is 1.12 bits per heavy atom. The fourth-order valence-electron chi connectivity index (χ4n) is 7.66. The van der Waals surface area contributed by atoms with E-state index in [1.807, 2.05) is 12.1 Å². The second kappa shape index (κ2) is 5.59. The summed E-state index contributed by atoms with van der Waals surface area (Å²) in [4.78, 5) is 13.1. The first-order chi connectivity index (χ1) is 12.5. The molecule has 2 bridgehead atoms. The van der Waals surface area contributed by atoms with Gasteiger partial charge in [-0.25, -0.2) is 0 Å². The van der Waals surface area contributed by atoms with Crippen LogP contribution in [0.3, 0.4) is 0 Å². The van der Waals surface area contributed by atoms with Crippen LogP contribution in [-0.2, 0) is 4.79 Å². The molecular formula is C24H32O2. The molecule has 5 rings (SSSR count). The Bertz CT molecular complexity index is 720. The molecule has 0 saturated heterocycles. The van der Waals surface area contributed by atoms with Crippen molar-refractivity contribution in [3.63, 3.8) is 0 Å². The Kier molecular flexibility index (Phi) is 3.62. The van der Waals surface area contributed by atoms with Gasteiger partial charge in [-0.05, 0) is 97.6 Å². The van der Waals surface area contributed by atoms with Crippen molar-refractivity contribution in [3.8, 4) is 5.75 Å². The van der Waals surface area contributed by atoms with E-state index in [4.69, 9.17) is 4.74 Å². The Balaban J connectivity index is 1.29. The maximum Gasteiger partial charge on any atom is 0.318 e. The van der Waals surface area contributed by atoms with E-state index < -0.39 is 0 Å². The number of hydrogen-bond donors (Lipinski definition) is 0. The lowest BCUT2D eigenvalue weighted by Gasteiger charge is -2.71. The number of ether oxygens (including phenoxy) is 1. The van der Waals surface area contributed by atoms with Crippen molar-refractivity contribution >= 4 is 5.97 Å². The number of fused-ring (bicyclic) bond motifs is 1. The van der Waals surface area contributed by atoms with Crippen molar-refractivity contribution in [1.82, 2.24) is 0 Å². The van der Waals surface area contributed by atoms with Gasteiger partial charge >= 0.3 is 5.97 Å². The van der Waals surface area contributed by atoms with Crippen molar-refractivity contribution in [2.75, 3.05) is 0 Å². The minimum atomic E-state index is -0.119. The van der Waals surface area contributed by atoms with Crippen molar-refractivity contribution < 1.29 is 9.53 Å². The molecule has 4 saturated carbocycles. The molecule has 1 aromatic carbocycles. The lowest BCUT2D eigenvalue weighted by atomic mass is 9.32. The maximum absolute atomic E-state index is 13.1. The van der Waals surface area contributed by atoms with Gasteiger partial charge in [0, 0.05) is 0 Å². The summed E-state index contributed by atoms with van der Waals surface area (Å²) in [6, 6.07) is 8.38. The van der Waals surface area contributed by atoms with Crippen LogP contribution in [0.25, 0.3) is 0 Å². The molecule has 0 radical (unpaired) electrons. The predicted octanol–water partition coefficient (Wildman–Crippen LogP) is 5.96. The van der Waals surface area contributed by atoms with Gasteiger partial charge in [0.05, 0.1) is 5.41 Å². The summed E-state index contributed by atoms with van der Waals surface area (Å²) >= 11 is 0. The molecule has 2 nitrogen and oxygen atoms in total. The minimum absolute atomic E-state index is 0.0858. The molecule has 26 heavy (non-hydrogen) atoms. The molecule has 2 heteroatoms. The standard InChI is InChI=1S/C24H32O2/c1-4-17(9-15(2)3)18-5-7-21(8-6-18)26-22(25)23-12-16-10-19-11-20(14-23)24(19,23)13-16/h5-8,15-17,19-20H,4,9-14H2,1-3H3. The van der Waals surface area contributed by atoms with Crippen molar-refractivity contribution in [2.24, 2.45) is 34.5 Å². The first-order valence-corrected chi connectivity index (χ1v) is 10.8. The summed E-state index contributed by atoms with van der Waals surface area (Å²) in [7, 11) is 0. The summed E-state index contributed by atoms with van der Waals surface area (Å²) in [5.41, 5.74) is 1.62. The van der Waals surface area contributed by atoms with E-state index in [1.165, 1.54) is 31.2 Å². The van der Waals surface area contributed by atoms with Crippen LogP contribution in [0.5, 0.6) is 5.75 Å². The molecule has 0 N–H and O–H groups in total. The SMILES string of the molecule is CCC(CC(C)C)c1ccc(OC(=O)C23CC4CC5CC(C2)C53C4)cc1. The molecule has 0 heterocycles. The lowest BCUT2D eigenvalue weighted by Crippen LogP contribution is -2.70. The van der Waals surface area contributed by atoms with Crippen LogP contribution in [0.1, 0.15) is 77.2 Å². The van der Waals surface area contributed by atoms with E-state index in [1.54, 1.807) is 0 Å². The fraction of sp³-hybridized carbons (Fsp3) is 0.708. The van der Waals surface area contributed by atoms with E-state index >= 15 is 0 Å². The Morgan fingerprint density at radius 3 is 2.50 bits per heavy atom. The average Bonchev–Trinajstić information content (AvgIpc) is 3.09. The Morgan fingerprint density at radius 2 is 1.88 bits per heavy atom. The molecule has 4 aliphatic rings. The molecule has 0 aromatic heterocycles. The van der Waals surface area contributed by atoms with Gasteiger partial charge in [-0.1, -0.05) is 32.9 Å². The second-order valence-electron chi connectivity index (χ2n) is 10.2. The van der Waals surface area contributed by atoms with Crippen molar-refractivity contribution in [2.45, 2.75) is 71.6 Å². The average molecular weight is 353 g/mol. The highest BCUT2D eigenvalue weighted by Gasteiger charge is 2.83. The normalized spacial score (nSPS) is 39.9. The molecule has 4 fully saturated rings. The Labute approximate surface area is 157 Å². The summed E-state index contributed by atoms with van der Waals surface area (Å²) < 4.78 is 5.95. The lowest BCUT2D eigenvalue weighted by molar-refractivity contribution is -0.246. The third kappa shape index (κ3) is 2.02. The number of esters is 1. The van der Waals surface area contributed by atoms with Gasteiger partial charge < -0.3 is 4.74 Å². The van der Waals surface area contributed by atoms with Crippen LogP contribution in [0.4, 0.5) is 0 Å². The van der Waals surface area contributed by atoms with Crippen LogP contribution in [-0.4, -0.2) is 5.97 Å². The number of carbonyl (C=O) groups is 1. The van der Waals surface area contributed by atoms with Gasteiger partial charge in [0.2, 0.25) is 0 Å². The summed E-state index contributed by atoms with van der Waals surface area (Å²) in [6.07, 6.45) is 8.65. The zero-order chi connectivity index (χ0) is 18.1. The van der Waals surface area contributed by atoms with Crippen LogP contribution >= 0.6 is 0 Å². The second-order valence-corrected chi connectivity index (χ2v) is 10.2. The van der Waals surface area contributed by atoms with Gasteiger partial charge in [-0.3, -0.25) is 4.79 Å². The van der Waals surface area contributed by atoms with Crippen LogP contribution in [0, 0.1) is 34.5 Å². The van der Waals surface area contributed by atoms with Gasteiger partial charge in [0.1, 0.15) is 5.75 Å². The van der Waals surface area contributed by atoms with Crippen LogP contribution in [0.2, 0.25) is 0 Å². The summed E-state index contributed by atoms with van der Waals surface area (Å²) in [5, 5.41) is 0. The molecule has 4 aliphatic carbocycles. The number of carbonyl (C=O) groups excluding carboxylic acids is 1. The molecule has 6 atom stereocenters. The first kappa shape index (κ1) is 16.8. The third-order valence-corrected chi connectivity index (χ3v) is 8.59. The number of hydrogen-bond acceptors (Lipinski definition) is 2. The van der Waals surface area contributed by atoms with Crippen molar-refractivity contribution in [3.05, 3.63) is 29.8 Å². The van der Waals surface area contributed by atoms with Gasteiger partial charge in [-0.15, -0.1) is 0 Å². The molecule has 140 valence electrons. The maximum atomic E-state index is 13.1. The van der Waals surface area contributed by atoms with Gasteiger partial charge in [0.25, 0.3) is 0 Å². The molecule has 0 aliphatic heterocycles. The largest absolute Gasteiger partial charge is 0.426 e. The fourth-order valence-corrected chi connectivity index (χ4v) is 7.66. The zero-order valence-electron chi connectivity index (χ0n) is 16.5. The smallest absolute Gasteiger partial charge is 0.318 e. The number of benzene rings is 1. The topological polar surface area (TPSA) is 26.3 Å².